The third-order valence-corrected chi connectivity index (χ3v) is 2.74. The molecular weight excluding hydrogens is 260 g/mol. The van der Waals surface area contributed by atoms with Crippen LogP contribution in [-0.2, 0) is 0 Å². The maximum Gasteiger partial charge on any atom is 0.325 e. The van der Waals surface area contributed by atoms with Gasteiger partial charge in [-0.05, 0) is 12.1 Å². The largest absolute Gasteiger partial charge is 0.354 e. The Morgan fingerprint density at radius 2 is 2.15 bits per heavy atom. The summed E-state index contributed by atoms with van der Waals surface area (Å²) in [6, 6.07) is 3.51. The van der Waals surface area contributed by atoms with Crippen molar-refractivity contribution in [3.8, 4) is 11.4 Å². The van der Waals surface area contributed by atoms with Crippen LogP contribution >= 0.6 is 0 Å². The van der Waals surface area contributed by atoms with Crippen LogP contribution in [0.5, 0.6) is 0 Å². The van der Waals surface area contributed by atoms with E-state index in [9.17, 15) is 9.59 Å². The number of rotatable bonds is 2. The molecule has 0 aromatic carbocycles. The molecule has 3 rings (SSSR count). The van der Waals surface area contributed by atoms with Crippen LogP contribution in [0.4, 0.5) is 0 Å². The van der Waals surface area contributed by atoms with Gasteiger partial charge in [0.25, 0.3) is 5.91 Å². The number of H-pyrrole nitrogens is 2. The number of carbonyl (C=O) groups is 1. The van der Waals surface area contributed by atoms with E-state index < -0.39 is 11.6 Å². The van der Waals surface area contributed by atoms with E-state index in [0.717, 1.165) is 0 Å². The summed E-state index contributed by atoms with van der Waals surface area (Å²) in [4.78, 5) is 40.7. The van der Waals surface area contributed by atoms with Crippen LogP contribution in [0.25, 0.3) is 22.6 Å². The highest BCUT2D eigenvalue weighted by Gasteiger charge is 2.17. The standard InChI is InChI=1S/C12H10N6O2/c1-13-11(19)8-7-10(18-12(20)16-7)17-9(15-8)6-3-2-4-14-5-6/h2-5H,1H3,(H,13,19)(H2,15,16,17,18,20). The lowest BCUT2D eigenvalue weighted by molar-refractivity contribution is 0.0960. The fourth-order valence-corrected chi connectivity index (χ4v) is 1.83. The minimum Gasteiger partial charge on any atom is -0.354 e. The molecule has 0 fully saturated rings. The molecule has 3 heterocycles. The Labute approximate surface area is 112 Å². The van der Waals surface area contributed by atoms with E-state index in [1.807, 2.05) is 0 Å². The number of nitrogens with one attached hydrogen (secondary N) is 3. The second kappa shape index (κ2) is 4.57. The first-order valence-corrected chi connectivity index (χ1v) is 5.81. The molecule has 0 unspecified atom stereocenters. The van der Waals surface area contributed by atoms with Gasteiger partial charge in [-0.25, -0.2) is 14.8 Å². The van der Waals surface area contributed by atoms with Crippen LogP contribution in [0, 0.1) is 0 Å². The van der Waals surface area contributed by atoms with Crippen LogP contribution in [0.3, 0.4) is 0 Å². The smallest absolute Gasteiger partial charge is 0.325 e. The number of aromatic nitrogens is 5. The van der Waals surface area contributed by atoms with Crippen molar-refractivity contribution >= 4 is 17.1 Å². The number of nitrogens with zero attached hydrogens (tertiary/aromatic N) is 3. The zero-order valence-electron chi connectivity index (χ0n) is 10.5. The summed E-state index contributed by atoms with van der Waals surface area (Å²) in [6.07, 6.45) is 3.21. The summed E-state index contributed by atoms with van der Waals surface area (Å²) in [7, 11) is 1.49. The molecule has 0 aliphatic heterocycles. The lowest BCUT2D eigenvalue weighted by atomic mass is 10.2. The number of imidazole rings is 1. The van der Waals surface area contributed by atoms with E-state index in [-0.39, 0.29) is 16.9 Å². The molecule has 0 radical (unpaired) electrons. The van der Waals surface area contributed by atoms with E-state index in [1.165, 1.54) is 7.05 Å². The van der Waals surface area contributed by atoms with Gasteiger partial charge >= 0.3 is 5.69 Å². The van der Waals surface area contributed by atoms with Gasteiger partial charge in [0.05, 0.1) is 0 Å². The Bertz CT molecular complexity index is 836. The maximum absolute atomic E-state index is 11.9. The molecule has 20 heavy (non-hydrogen) atoms. The summed E-state index contributed by atoms with van der Waals surface area (Å²) in [6.45, 7) is 0. The zero-order chi connectivity index (χ0) is 14.1. The van der Waals surface area contributed by atoms with Gasteiger partial charge in [-0.3, -0.25) is 14.8 Å². The molecular formula is C12H10N6O2. The summed E-state index contributed by atoms with van der Waals surface area (Å²) in [5, 5.41) is 2.48. The predicted octanol–water partition coefficient (Wildman–Crippen LogP) is 0.0678. The summed E-state index contributed by atoms with van der Waals surface area (Å²) in [5.41, 5.74) is 0.878. The molecule has 0 aliphatic carbocycles. The number of pyridine rings is 1. The van der Waals surface area contributed by atoms with E-state index in [4.69, 9.17) is 0 Å². The molecule has 0 atom stereocenters. The molecule has 0 saturated heterocycles. The molecule has 3 N–H and O–H groups in total. The summed E-state index contributed by atoms with van der Waals surface area (Å²) >= 11 is 0. The summed E-state index contributed by atoms with van der Waals surface area (Å²) in [5.74, 6) is -0.0859. The highest BCUT2D eigenvalue weighted by Crippen LogP contribution is 2.17. The van der Waals surface area contributed by atoms with Crippen LogP contribution in [0.1, 0.15) is 10.5 Å². The molecule has 1 amide bonds. The predicted molar refractivity (Wildman–Crippen MR) is 71.1 cm³/mol. The highest BCUT2D eigenvalue weighted by atomic mass is 16.2. The Morgan fingerprint density at radius 1 is 1.30 bits per heavy atom. The van der Waals surface area contributed by atoms with Crippen molar-refractivity contribution in [1.82, 2.24) is 30.2 Å². The molecule has 8 nitrogen and oxygen atoms in total. The van der Waals surface area contributed by atoms with Crippen LogP contribution in [0.2, 0.25) is 0 Å². The average Bonchev–Trinajstić information content (AvgIpc) is 2.86. The average molecular weight is 270 g/mol. The van der Waals surface area contributed by atoms with Crippen molar-refractivity contribution in [2.24, 2.45) is 0 Å². The molecule has 0 saturated carbocycles. The molecule has 0 spiro atoms. The minimum absolute atomic E-state index is 0.106. The number of hydrogen-bond acceptors (Lipinski definition) is 5. The number of carbonyl (C=O) groups excluding carboxylic acids is 1. The Hall–Kier alpha value is -3.03. The first kappa shape index (κ1) is 12.0. The zero-order valence-corrected chi connectivity index (χ0v) is 10.5. The van der Waals surface area contributed by atoms with Crippen molar-refractivity contribution in [3.63, 3.8) is 0 Å². The number of fused-ring (bicyclic) bond motifs is 1. The monoisotopic (exact) mass is 270 g/mol. The van der Waals surface area contributed by atoms with Crippen molar-refractivity contribution < 1.29 is 4.79 Å². The first-order valence-electron chi connectivity index (χ1n) is 5.81. The van der Waals surface area contributed by atoms with Crippen molar-refractivity contribution in [1.29, 1.82) is 0 Å². The SMILES string of the molecule is CNC(=O)c1nc(-c2cccnc2)nc2[nH]c(=O)[nH]c12. The topological polar surface area (TPSA) is 116 Å². The number of aromatic amines is 2. The second-order valence-corrected chi connectivity index (χ2v) is 4.02. The third kappa shape index (κ3) is 1.92. The first-order chi connectivity index (χ1) is 9.69. The van der Waals surface area contributed by atoms with Gasteiger partial charge in [0.2, 0.25) is 0 Å². The lowest BCUT2D eigenvalue weighted by Gasteiger charge is -2.04. The van der Waals surface area contributed by atoms with Gasteiger partial charge in [-0.2, -0.15) is 0 Å². The molecule has 3 aromatic rings. The van der Waals surface area contributed by atoms with Crippen LogP contribution in [0.15, 0.2) is 29.3 Å². The highest BCUT2D eigenvalue weighted by molar-refractivity contribution is 6.02. The van der Waals surface area contributed by atoms with Gasteiger partial charge in [0, 0.05) is 25.0 Å². The van der Waals surface area contributed by atoms with Gasteiger partial charge in [0.15, 0.2) is 17.2 Å². The maximum atomic E-state index is 11.9. The van der Waals surface area contributed by atoms with Gasteiger partial charge in [-0.1, -0.05) is 0 Å². The number of hydrogen-bond donors (Lipinski definition) is 3. The van der Waals surface area contributed by atoms with E-state index in [1.54, 1.807) is 24.5 Å². The quantitative estimate of drug-likeness (QED) is 0.609. The second-order valence-electron chi connectivity index (χ2n) is 4.02. The molecule has 0 aliphatic rings. The number of amides is 1. The molecule has 0 bridgehead atoms. The third-order valence-electron chi connectivity index (χ3n) is 2.74. The van der Waals surface area contributed by atoms with Crippen molar-refractivity contribution in [2.45, 2.75) is 0 Å². The van der Waals surface area contributed by atoms with Gasteiger partial charge in [0.1, 0.15) is 5.52 Å². The Balaban J connectivity index is 2.30. The van der Waals surface area contributed by atoms with Crippen LogP contribution < -0.4 is 11.0 Å². The normalized spacial score (nSPS) is 10.7. The molecule has 100 valence electrons. The minimum atomic E-state index is -0.442. The Kier molecular flexibility index (Phi) is 2.75. The van der Waals surface area contributed by atoms with E-state index in [0.29, 0.717) is 11.4 Å². The van der Waals surface area contributed by atoms with Crippen molar-refractivity contribution in [3.05, 3.63) is 40.7 Å². The fourth-order valence-electron chi connectivity index (χ4n) is 1.83. The molecule has 8 heteroatoms. The van der Waals surface area contributed by atoms with Gasteiger partial charge < -0.3 is 10.3 Å². The van der Waals surface area contributed by atoms with Crippen molar-refractivity contribution in [2.75, 3.05) is 7.05 Å². The molecule has 3 aromatic heterocycles. The van der Waals surface area contributed by atoms with Crippen LogP contribution in [-0.4, -0.2) is 37.9 Å². The van der Waals surface area contributed by atoms with Gasteiger partial charge in [-0.15, -0.1) is 0 Å². The van der Waals surface area contributed by atoms with E-state index in [2.05, 4.69) is 30.2 Å². The summed E-state index contributed by atoms with van der Waals surface area (Å²) < 4.78 is 0. The Morgan fingerprint density at radius 3 is 2.85 bits per heavy atom. The lowest BCUT2D eigenvalue weighted by Crippen LogP contribution is -2.20. The fraction of sp³-hybridized carbons (Fsp3) is 0.0833. The van der Waals surface area contributed by atoms with E-state index >= 15 is 0 Å².